The zero-order valence-electron chi connectivity index (χ0n) is 18.2. The SMILES string of the molecule is COc1ccc(OCCNC(=O)c2ccc(N(C)S(=O)(=O)c3ccc(C)cc3)cc2)cc1. The number of carbonyl (C=O) groups is 1. The minimum absolute atomic E-state index is 0.212. The molecule has 0 heterocycles. The van der Waals surface area contributed by atoms with Gasteiger partial charge in [0.25, 0.3) is 15.9 Å². The number of rotatable bonds is 9. The lowest BCUT2D eigenvalue weighted by atomic mass is 10.2. The Balaban J connectivity index is 1.54. The lowest BCUT2D eigenvalue weighted by Crippen LogP contribution is -2.28. The molecule has 0 bridgehead atoms. The highest BCUT2D eigenvalue weighted by Crippen LogP contribution is 2.23. The molecule has 0 saturated heterocycles. The minimum Gasteiger partial charge on any atom is -0.497 e. The monoisotopic (exact) mass is 454 g/mol. The van der Waals surface area contributed by atoms with E-state index in [1.807, 2.05) is 6.92 Å². The second kappa shape index (κ2) is 10.2. The van der Waals surface area contributed by atoms with Crippen molar-refractivity contribution in [3.63, 3.8) is 0 Å². The van der Waals surface area contributed by atoms with Crippen LogP contribution in [-0.4, -0.2) is 41.6 Å². The lowest BCUT2D eigenvalue weighted by Gasteiger charge is -2.20. The Morgan fingerprint density at radius 3 is 2.09 bits per heavy atom. The van der Waals surface area contributed by atoms with Crippen molar-refractivity contribution in [3.05, 3.63) is 83.9 Å². The molecular weight excluding hydrogens is 428 g/mol. The summed E-state index contributed by atoms with van der Waals surface area (Å²) < 4.78 is 37.5. The number of benzene rings is 3. The standard InChI is InChI=1S/C24H26N2O5S/c1-18-4-14-23(15-5-18)32(28,29)26(2)20-8-6-19(7-9-20)24(27)25-16-17-31-22-12-10-21(30-3)11-13-22/h4-15H,16-17H2,1-3H3,(H,25,27). The first-order valence-corrected chi connectivity index (χ1v) is 11.5. The van der Waals surface area contributed by atoms with E-state index in [0.717, 1.165) is 11.3 Å². The third kappa shape index (κ3) is 5.59. The third-order valence-electron chi connectivity index (χ3n) is 4.89. The van der Waals surface area contributed by atoms with E-state index < -0.39 is 10.0 Å². The zero-order valence-corrected chi connectivity index (χ0v) is 19.1. The van der Waals surface area contributed by atoms with Crippen LogP contribution in [0.2, 0.25) is 0 Å². The molecule has 0 aromatic heterocycles. The van der Waals surface area contributed by atoms with Crippen molar-refractivity contribution in [1.29, 1.82) is 0 Å². The number of hydrogen-bond acceptors (Lipinski definition) is 5. The first-order valence-electron chi connectivity index (χ1n) is 10.0. The van der Waals surface area contributed by atoms with Crippen molar-refractivity contribution in [1.82, 2.24) is 5.32 Å². The van der Waals surface area contributed by atoms with Crippen LogP contribution in [0, 0.1) is 6.92 Å². The summed E-state index contributed by atoms with van der Waals surface area (Å²) in [4.78, 5) is 12.6. The molecule has 1 amide bonds. The van der Waals surface area contributed by atoms with Crippen LogP contribution in [0.5, 0.6) is 11.5 Å². The van der Waals surface area contributed by atoms with Gasteiger partial charge < -0.3 is 14.8 Å². The van der Waals surface area contributed by atoms with Gasteiger partial charge in [0.1, 0.15) is 18.1 Å². The number of anilines is 1. The van der Waals surface area contributed by atoms with Crippen LogP contribution >= 0.6 is 0 Å². The van der Waals surface area contributed by atoms with Crippen molar-refractivity contribution < 1.29 is 22.7 Å². The first kappa shape index (κ1) is 23.1. The van der Waals surface area contributed by atoms with Gasteiger partial charge in [-0.15, -0.1) is 0 Å². The summed E-state index contributed by atoms with van der Waals surface area (Å²) in [6.45, 7) is 2.54. The number of hydrogen-bond donors (Lipinski definition) is 1. The molecule has 0 unspecified atom stereocenters. The van der Waals surface area contributed by atoms with Crippen molar-refractivity contribution in [2.75, 3.05) is 31.6 Å². The summed E-state index contributed by atoms with van der Waals surface area (Å²) in [7, 11) is -0.599. The maximum absolute atomic E-state index is 12.8. The Bertz CT molecular complexity index is 1140. The fourth-order valence-corrected chi connectivity index (χ4v) is 4.13. The van der Waals surface area contributed by atoms with Gasteiger partial charge in [0.15, 0.2) is 0 Å². The van der Waals surface area contributed by atoms with E-state index >= 15 is 0 Å². The molecule has 0 aliphatic carbocycles. The second-order valence-electron chi connectivity index (χ2n) is 7.11. The van der Waals surface area contributed by atoms with Gasteiger partial charge in [-0.05, 0) is 67.6 Å². The largest absolute Gasteiger partial charge is 0.497 e. The predicted octanol–water partition coefficient (Wildman–Crippen LogP) is 3.64. The molecule has 0 radical (unpaired) electrons. The third-order valence-corrected chi connectivity index (χ3v) is 6.69. The number of sulfonamides is 1. The summed E-state index contributed by atoms with van der Waals surface area (Å²) >= 11 is 0. The van der Waals surface area contributed by atoms with Gasteiger partial charge in [-0.1, -0.05) is 17.7 Å². The van der Waals surface area contributed by atoms with Crippen LogP contribution in [0.3, 0.4) is 0 Å². The Kier molecular flexibility index (Phi) is 7.37. The van der Waals surface area contributed by atoms with Crippen molar-refractivity contribution in [3.8, 4) is 11.5 Å². The highest BCUT2D eigenvalue weighted by atomic mass is 32.2. The van der Waals surface area contributed by atoms with Crippen LogP contribution < -0.4 is 19.1 Å². The minimum atomic E-state index is -3.68. The molecular formula is C24H26N2O5S. The summed E-state index contributed by atoms with van der Waals surface area (Å²) in [5.41, 5.74) is 1.88. The number of aryl methyl sites for hydroxylation is 1. The average molecular weight is 455 g/mol. The summed E-state index contributed by atoms with van der Waals surface area (Å²) in [6.07, 6.45) is 0. The smallest absolute Gasteiger partial charge is 0.264 e. The van der Waals surface area contributed by atoms with Gasteiger partial charge in [0, 0.05) is 12.6 Å². The molecule has 0 saturated carbocycles. The number of amides is 1. The number of ether oxygens (including phenoxy) is 2. The van der Waals surface area contributed by atoms with E-state index in [-0.39, 0.29) is 10.8 Å². The fourth-order valence-electron chi connectivity index (χ4n) is 2.94. The van der Waals surface area contributed by atoms with Gasteiger partial charge in [0.05, 0.1) is 24.2 Å². The predicted molar refractivity (Wildman–Crippen MR) is 124 cm³/mol. The summed E-state index contributed by atoms with van der Waals surface area (Å²) in [6, 6.07) is 20.3. The van der Waals surface area contributed by atoms with E-state index in [9.17, 15) is 13.2 Å². The molecule has 0 aliphatic rings. The molecule has 3 aromatic rings. The second-order valence-corrected chi connectivity index (χ2v) is 9.08. The van der Waals surface area contributed by atoms with Crippen molar-refractivity contribution >= 4 is 21.6 Å². The highest BCUT2D eigenvalue weighted by molar-refractivity contribution is 7.92. The molecule has 0 aliphatic heterocycles. The number of nitrogens with zero attached hydrogens (tertiary/aromatic N) is 1. The molecule has 7 nitrogen and oxygen atoms in total. The highest BCUT2D eigenvalue weighted by Gasteiger charge is 2.21. The maximum Gasteiger partial charge on any atom is 0.264 e. The van der Waals surface area contributed by atoms with Gasteiger partial charge in [0.2, 0.25) is 0 Å². The number of nitrogens with one attached hydrogen (secondary N) is 1. The van der Waals surface area contributed by atoms with E-state index in [1.54, 1.807) is 79.9 Å². The molecule has 0 spiro atoms. The van der Waals surface area contributed by atoms with Crippen LogP contribution in [0.15, 0.2) is 77.7 Å². The van der Waals surface area contributed by atoms with E-state index in [4.69, 9.17) is 9.47 Å². The Morgan fingerprint density at radius 1 is 0.906 bits per heavy atom. The van der Waals surface area contributed by atoms with Crippen LogP contribution in [0.1, 0.15) is 15.9 Å². The van der Waals surface area contributed by atoms with Crippen LogP contribution in [-0.2, 0) is 10.0 Å². The molecule has 1 N–H and O–H groups in total. The van der Waals surface area contributed by atoms with Gasteiger partial charge in [-0.2, -0.15) is 0 Å². The molecule has 0 fully saturated rings. The normalized spacial score (nSPS) is 11.0. The van der Waals surface area contributed by atoms with E-state index in [2.05, 4.69) is 5.32 Å². The Hall–Kier alpha value is -3.52. The van der Waals surface area contributed by atoms with Crippen molar-refractivity contribution in [2.45, 2.75) is 11.8 Å². The molecule has 3 rings (SSSR count). The van der Waals surface area contributed by atoms with Gasteiger partial charge in [-0.3, -0.25) is 9.10 Å². The Labute approximate surface area is 188 Å². The van der Waals surface area contributed by atoms with Crippen molar-refractivity contribution in [2.24, 2.45) is 0 Å². The van der Waals surface area contributed by atoms with Crippen LogP contribution in [0.25, 0.3) is 0 Å². The molecule has 0 atom stereocenters. The summed E-state index contributed by atoms with van der Waals surface area (Å²) in [5.74, 6) is 1.16. The zero-order chi connectivity index (χ0) is 23.1. The molecule has 3 aromatic carbocycles. The van der Waals surface area contributed by atoms with Crippen LogP contribution in [0.4, 0.5) is 5.69 Å². The molecule has 168 valence electrons. The fraction of sp³-hybridized carbons (Fsp3) is 0.208. The van der Waals surface area contributed by atoms with Gasteiger partial charge in [-0.25, -0.2) is 8.42 Å². The summed E-state index contributed by atoms with van der Waals surface area (Å²) in [5, 5.41) is 2.78. The topological polar surface area (TPSA) is 84.9 Å². The number of methoxy groups -OCH3 is 1. The maximum atomic E-state index is 12.8. The van der Waals surface area contributed by atoms with Gasteiger partial charge >= 0.3 is 0 Å². The average Bonchev–Trinajstić information content (AvgIpc) is 2.82. The quantitative estimate of drug-likeness (QED) is 0.499. The number of carbonyl (C=O) groups excluding carboxylic acids is 1. The first-order chi connectivity index (χ1) is 15.3. The molecule has 8 heteroatoms. The molecule has 32 heavy (non-hydrogen) atoms. The van der Waals surface area contributed by atoms with E-state index in [0.29, 0.717) is 30.2 Å². The van der Waals surface area contributed by atoms with E-state index in [1.165, 1.54) is 11.4 Å². The lowest BCUT2D eigenvalue weighted by molar-refractivity contribution is 0.0947. The Morgan fingerprint density at radius 2 is 1.50 bits per heavy atom.